The Balaban J connectivity index is 1.33. The van der Waals surface area contributed by atoms with Crippen LogP contribution in [-0.2, 0) is 6.42 Å². The van der Waals surface area contributed by atoms with Gasteiger partial charge < -0.3 is 9.73 Å². The molecule has 0 saturated heterocycles. The molecule has 2 aromatic carbocycles. The minimum Gasteiger partial charge on any atom is -0.432 e. The molecule has 0 atom stereocenters. The molecule has 0 radical (unpaired) electrons. The molecule has 0 aliphatic rings. The van der Waals surface area contributed by atoms with Crippen LogP contribution in [0, 0.1) is 0 Å². The molecular formula is C21H17N3O2S. The maximum Gasteiger partial charge on any atom is 0.307 e. The predicted octanol–water partition coefficient (Wildman–Crippen LogP) is 4.44. The van der Waals surface area contributed by atoms with Crippen molar-refractivity contribution in [1.82, 2.24) is 15.3 Å². The van der Waals surface area contributed by atoms with E-state index in [0.717, 1.165) is 21.8 Å². The first-order valence-electron chi connectivity index (χ1n) is 8.59. The monoisotopic (exact) mass is 375 g/mol. The highest BCUT2D eigenvalue weighted by Crippen LogP contribution is 2.23. The van der Waals surface area contributed by atoms with Gasteiger partial charge in [-0.1, -0.05) is 60.7 Å². The second-order valence-electron chi connectivity index (χ2n) is 5.91. The van der Waals surface area contributed by atoms with E-state index in [9.17, 15) is 4.79 Å². The van der Waals surface area contributed by atoms with Gasteiger partial charge in [-0.3, -0.25) is 4.79 Å². The summed E-state index contributed by atoms with van der Waals surface area (Å²) in [7, 11) is 0. The molecule has 1 N–H and O–H groups in total. The molecule has 4 rings (SSSR count). The molecule has 0 saturated carbocycles. The molecule has 0 spiro atoms. The fraction of sp³-hybridized carbons (Fsp3) is 0.0952. The molecule has 0 unspecified atom stereocenters. The Bertz CT molecular complexity index is 1030. The number of rotatable bonds is 6. The molecule has 0 fully saturated rings. The van der Waals surface area contributed by atoms with E-state index in [4.69, 9.17) is 4.42 Å². The Labute approximate surface area is 160 Å². The Kier molecular flexibility index (Phi) is 5.07. The molecule has 27 heavy (non-hydrogen) atoms. The number of carbonyl (C=O) groups is 1. The van der Waals surface area contributed by atoms with Crippen molar-refractivity contribution in [3.63, 3.8) is 0 Å². The second kappa shape index (κ2) is 7.97. The zero-order valence-corrected chi connectivity index (χ0v) is 15.3. The molecule has 5 nitrogen and oxygen atoms in total. The van der Waals surface area contributed by atoms with Gasteiger partial charge in [-0.2, -0.15) is 0 Å². The van der Waals surface area contributed by atoms with Gasteiger partial charge in [0.2, 0.25) is 0 Å². The van der Waals surface area contributed by atoms with Gasteiger partial charge in [0.25, 0.3) is 5.89 Å². The van der Waals surface area contributed by atoms with E-state index in [-0.39, 0.29) is 11.8 Å². The van der Waals surface area contributed by atoms with Crippen LogP contribution in [-0.4, -0.2) is 22.4 Å². The molecule has 0 bridgehead atoms. The van der Waals surface area contributed by atoms with Crippen molar-refractivity contribution in [2.45, 2.75) is 6.42 Å². The third-order valence-electron chi connectivity index (χ3n) is 4.00. The number of hydrogen-bond acceptors (Lipinski definition) is 5. The first kappa shape index (κ1) is 17.2. The predicted molar refractivity (Wildman–Crippen MR) is 106 cm³/mol. The molecule has 0 aliphatic carbocycles. The van der Waals surface area contributed by atoms with Crippen LogP contribution < -0.4 is 5.32 Å². The summed E-state index contributed by atoms with van der Waals surface area (Å²) in [5.41, 5.74) is 2.95. The van der Waals surface area contributed by atoms with Crippen LogP contribution in [0.15, 0.2) is 76.7 Å². The maximum atomic E-state index is 12.2. The van der Waals surface area contributed by atoms with Crippen LogP contribution in [0.3, 0.4) is 0 Å². The first-order chi connectivity index (χ1) is 13.3. The highest BCUT2D eigenvalue weighted by atomic mass is 32.1. The van der Waals surface area contributed by atoms with E-state index in [1.54, 1.807) is 17.5 Å². The van der Waals surface area contributed by atoms with Gasteiger partial charge in [0, 0.05) is 29.5 Å². The molecule has 134 valence electrons. The average Bonchev–Trinajstić information content (AvgIpc) is 3.39. The zero-order valence-electron chi connectivity index (χ0n) is 14.5. The van der Waals surface area contributed by atoms with Crippen molar-refractivity contribution >= 4 is 17.2 Å². The third kappa shape index (κ3) is 4.12. The fourth-order valence-corrected chi connectivity index (χ4v) is 3.49. The largest absolute Gasteiger partial charge is 0.432 e. The summed E-state index contributed by atoms with van der Waals surface area (Å²) in [6.07, 6.45) is 2.22. The Morgan fingerprint density at radius 3 is 2.44 bits per heavy atom. The lowest BCUT2D eigenvalue weighted by Crippen LogP contribution is -2.26. The summed E-state index contributed by atoms with van der Waals surface area (Å²) in [5.74, 6) is 0.320. The summed E-state index contributed by atoms with van der Waals surface area (Å²) in [5, 5.41) is 5.84. The van der Waals surface area contributed by atoms with Gasteiger partial charge >= 0.3 is 5.91 Å². The molecule has 4 aromatic rings. The van der Waals surface area contributed by atoms with Crippen LogP contribution in [0.5, 0.6) is 0 Å². The summed E-state index contributed by atoms with van der Waals surface area (Å²) in [6, 6.07) is 19.6. The van der Waals surface area contributed by atoms with E-state index >= 15 is 0 Å². The Morgan fingerprint density at radius 2 is 1.70 bits per heavy atom. The minimum atomic E-state index is -0.323. The number of hydrogen-bond donors (Lipinski definition) is 1. The number of benzene rings is 2. The Morgan fingerprint density at radius 1 is 1.00 bits per heavy atom. The molecular weight excluding hydrogens is 358 g/mol. The molecule has 6 heteroatoms. The first-order valence-corrected chi connectivity index (χ1v) is 9.47. The zero-order chi connectivity index (χ0) is 18.5. The average molecular weight is 375 g/mol. The molecule has 2 aromatic heterocycles. The number of oxazole rings is 1. The van der Waals surface area contributed by atoms with Crippen LogP contribution in [0.25, 0.3) is 21.9 Å². The van der Waals surface area contributed by atoms with Gasteiger partial charge in [0.1, 0.15) is 5.01 Å². The van der Waals surface area contributed by atoms with Crippen LogP contribution >= 0.6 is 11.3 Å². The van der Waals surface area contributed by atoms with Gasteiger partial charge in [0.15, 0.2) is 5.76 Å². The van der Waals surface area contributed by atoms with Crippen molar-refractivity contribution in [2.24, 2.45) is 0 Å². The number of amides is 1. The minimum absolute atomic E-state index is 0.0668. The quantitative estimate of drug-likeness (QED) is 0.541. The van der Waals surface area contributed by atoms with Crippen LogP contribution in [0.4, 0.5) is 0 Å². The number of carbonyl (C=O) groups excluding carboxylic acids is 1. The van der Waals surface area contributed by atoms with Crippen molar-refractivity contribution in [3.05, 3.63) is 83.8 Å². The lowest BCUT2D eigenvalue weighted by Gasteiger charge is -2.01. The molecule has 2 heterocycles. The van der Waals surface area contributed by atoms with E-state index in [1.807, 2.05) is 66.0 Å². The third-order valence-corrected chi connectivity index (χ3v) is 4.94. The van der Waals surface area contributed by atoms with Crippen molar-refractivity contribution in [2.75, 3.05) is 6.54 Å². The van der Waals surface area contributed by atoms with Crippen LogP contribution in [0.1, 0.15) is 16.4 Å². The summed E-state index contributed by atoms with van der Waals surface area (Å²) >= 11 is 1.60. The number of aromatic nitrogens is 2. The van der Waals surface area contributed by atoms with E-state index in [0.29, 0.717) is 18.7 Å². The summed E-state index contributed by atoms with van der Waals surface area (Å²) in [6.45, 7) is 0.472. The second-order valence-corrected chi connectivity index (χ2v) is 6.77. The smallest absolute Gasteiger partial charge is 0.307 e. The standard InChI is InChI=1S/C21H17N3O2S/c25-19(20-23-13-18(26-20)15-7-3-1-4-8-15)22-12-11-17-14-27-21(24-17)16-9-5-2-6-10-16/h1-10,13-14H,11-12H2,(H,22,25). The van der Waals surface area contributed by atoms with Crippen molar-refractivity contribution in [1.29, 1.82) is 0 Å². The normalized spacial score (nSPS) is 10.7. The fourth-order valence-electron chi connectivity index (χ4n) is 2.63. The topological polar surface area (TPSA) is 68.0 Å². The highest BCUT2D eigenvalue weighted by Gasteiger charge is 2.14. The van der Waals surface area contributed by atoms with E-state index in [1.165, 1.54) is 0 Å². The van der Waals surface area contributed by atoms with E-state index in [2.05, 4.69) is 15.3 Å². The molecule has 1 amide bonds. The van der Waals surface area contributed by atoms with Crippen LogP contribution in [0.2, 0.25) is 0 Å². The van der Waals surface area contributed by atoms with Gasteiger partial charge in [-0.05, 0) is 0 Å². The van der Waals surface area contributed by atoms with Crippen molar-refractivity contribution < 1.29 is 9.21 Å². The highest BCUT2D eigenvalue weighted by molar-refractivity contribution is 7.13. The summed E-state index contributed by atoms with van der Waals surface area (Å²) in [4.78, 5) is 20.9. The number of thiazole rings is 1. The SMILES string of the molecule is O=C(NCCc1csc(-c2ccccc2)n1)c1ncc(-c2ccccc2)o1. The van der Waals surface area contributed by atoms with E-state index < -0.39 is 0 Å². The van der Waals surface area contributed by atoms with Gasteiger partial charge in [0.05, 0.1) is 11.9 Å². The van der Waals surface area contributed by atoms with Gasteiger partial charge in [-0.15, -0.1) is 11.3 Å². The lowest BCUT2D eigenvalue weighted by atomic mass is 10.2. The molecule has 0 aliphatic heterocycles. The van der Waals surface area contributed by atoms with Crippen molar-refractivity contribution in [3.8, 4) is 21.9 Å². The number of nitrogens with zero attached hydrogens (tertiary/aromatic N) is 2. The number of nitrogens with one attached hydrogen (secondary N) is 1. The maximum absolute atomic E-state index is 12.2. The summed E-state index contributed by atoms with van der Waals surface area (Å²) < 4.78 is 5.56. The lowest BCUT2D eigenvalue weighted by molar-refractivity contribution is 0.0920. The van der Waals surface area contributed by atoms with Gasteiger partial charge in [-0.25, -0.2) is 9.97 Å². The Hall–Kier alpha value is -3.25.